The van der Waals surface area contributed by atoms with Crippen molar-refractivity contribution in [3.63, 3.8) is 0 Å². The SMILES string of the molecule is C=CC(=O)N1CCN(c2nc(OCC)nc(C[C@@H]3Cc4ccc(F)cc4N(C)C3)c2CC)CC1.CCCC#N.CN1CCCC1. The lowest BCUT2D eigenvalue weighted by atomic mass is 9.88. The summed E-state index contributed by atoms with van der Waals surface area (Å²) in [6, 6.07) is 7.48. The number of hydrogen-bond donors (Lipinski definition) is 0. The number of likely N-dealkylation sites (tertiary alicyclic amines) is 1. The summed E-state index contributed by atoms with van der Waals surface area (Å²) in [5.41, 5.74) is 4.29. The number of rotatable bonds is 8. The number of halogens is 1. The van der Waals surface area contributed by atoms with Crippen molar-refractivity contribution in [1.29, 1.82) is 5.26 Å². The summed E-state index contributed by atoms with van der Waals surface area (Å²) in [5, 5.41) is 7.82. The Labute approximate surface area is 269 Å². The first kappa shape index (κ1) is 35.8. The Morgan fingerprint density at radius 2 is 1.82 bits per heavy atom. The fourth-order valence-corrected chi connectivity index (χ4v) is 6.07. The van der Waals surface area contributed by atoms with E-state index in [1.54, 1.807) is 12.1 Å². The maximum Gasteiger partial charge on any atom is 0.318 e. The molecule has 246 valence electrons. The number of nitrogens with zero attached hydrogens (tertiary/aromatic N) is 7. The molecule has 1 atom stereocenters. The third-order valence-corrected chi connectivity index (χ3v) is 8.42. The van der Waals surface area contributed by atoms with Gasteiger partial charge in [-0.3, -0.25) is 4.79 Å². The van der Waals surface area contributed by atoms with E-state index in [4.69, 9.17) is 20.0 Å². The number of carbonyl (C=O) groups is 1. The van der Waals surface area contributed by atoms with E-state index in [1.165, 1.54) is 37.6 Å². The molecule has 10 heteroatoms. The van der Waals surface area contributed by atoms with Crippen LogP contribution in [0.4, 0.5) is 15.9 Å². The number of carbonyl (C=O) groups excluding carboxylic acids is 1. The second-order valence-corrected chi connectivity index (χ2v) is 11.9. The number of ether oxygens (including phenoxy) is 1. The molecule has 0 saturated carbocycles. The van der Waals surface area contributed by atoms with Crippen LogP contribution in [0.5, 0.6) is 6.01 Å². The molecule has 5 rings (SSSR count). The Hall–Kier alpha value is -3.71. The third-order valence-electron chi connectivity index (χ3n) is 8.42. The average Bonchev–Trinajstić information content (AvgIpc) is 3.53. The second-order valence-electron chi connectivity index (χ2n) is 11.9. The van der Waals surface area contributed by atoms with Crippen LogP contribution in [0.1, 0.15) is 63.3 Å². The first-order valence-electron chi connectivity index (χ1n) is 16.5. The Kier molecular flexibility index (Phi) is 14.5. The van der Waals surface area contributed by atoms with Crippen molar-refractivity contribution in [3.8, 4) is 12.1 Å². The first-order valence-corrected chi connectivity index (χ1v) is 16.5. The van der Waals surface area contributed by atoms with E-state index in [1.807, 2.05) is 37.9 Å². The van der Waals surface area contributed by atoms with Crippen molar-refractivity contribution in [2.24, 2.45) is 5.92 Å². The van der Waals surface area contributed by atoms with Crippen LogP contribution in [0.15, 0.2) is 30.9 Å². The third kappa shape index (κ3) is 10.4. The summed E-state index contributed by atoms with van der Waals surface area (Å²) >= 11 is 0. The zero-order valence-corrected chi connectivity index (χ0v) is 28.0. The molecule has 0 radical (unpaired) electrons. The van der Waals surface area contributed by atoms with Crippen molar-refractivity contribution < 1.29 is 13.9 Å². The summed E-state index contributed by atoms with van der Waals surface area (Å²) in [4.78, 5) is 30.2. The van der Waals surface area contributed by atoms with E-state index >= 15 is 0 Å². The monoisotopic (exact) mass is 621 g/mol. The smallest absolute Gasteiger partial charge is 0.318 e. The molecule has 0 aliphatic carbocycles. The minimum absolute atomic E-state index is 0.0321. The van der Waals surface area contributed by atoms with Crippen LogP contribution >= 0.6 is 0 Å². The van der Waals surface area contributed by atoms with E-state index in [9.17, 15) is 9.18 Å². The number of amides is 1. The van der Waals surface area contributed by atoms with Gasteiger partial charge >= 0.3 is 6.01 Å². The highest BCUT2D eigenvalue weighted by molar-refractivity contribution is 5.87. The van der Waals surface area contributed by atoms with Crippen LogP contribution in [0.3, 0.4) is 0 Å². The number of nitriles is 1. The van der Waals surface area contributed by atoms with Gasteiger partial charge in [0.1, 0.15) is 11.6 Å². The molecule has 2 fully saturated rings. The number of piperazine rings is 1. The molecule has 0 N–H and O–H groups in total. The van der Waals surface area contributed by atoms with Crippen LogP contribution < -0.4 is 14.5 Å². The fourth-order valence-electron chi connectivity index (χ4n) is 6.07. The van der Waals surface area contributed by atoms with Crippen molar-refractivity contribution in [2.75, 3.05) is 76.3 Å². The molecular weight excluding hydrogens is 569 g/mol. The quantitative estimate of drug-likeness (QED) is 0.368. The number of benzene rings is 1. The highest BCUT2D eigenvalue weighted by atomic mass is 19.1. The number of unbranched alkanes of at least 4 members (excludes halogenated alkanes) is 1. The molecule has 2 saturated heterocycles. The maximum atomic E-state index is 13.7. The van der Waals surface area contributed by atoms with E-state index in [-0.39, 0.29) is 11.7 Å². The maximum absolute atomic E-state index is 13.7. The molecule has 1 aromatic heterocycles. The number of anilines is 2. The normalized spacial score (nSPS) is 17.7. The van der Waals surface area contributed by atoms with Gasteiger partial charge in [-0.05, 0) is 95.3 Å². The lowest BCUT2D eigenvalue weighted by Gasteiger charge is -2.36. The summed E-state index contributed by atoms with van der Waals surface area (Å²) in [6.45, 7) is 16.3. The first-order chi connectivity index (χ1) is 21.7. The van der Waals surface area contributed by atoms with Gasteiger partial charge in [0.2, 0.25) is 5.91 Å². The van der Waals surface area contributed by atoms with E-state index in [0.29, 0.717) is 51.1 Å². The molecule has 3 aliphatic rings. The van der Waals surface area contributed by atoms with Gasteiger partial charge in [-0.25, -0.2) is 4.39 Å². The standard InChI is InChI=1S/C26H34FN5O2.C5H11N.C4H7N/c1-5-21-22(15-18-14-19-8-9-20(27)16-23(19)30(4)17-18)28-26(34-7-3)29-25(21)32-12-10-31(11-13-32)24(33)6-2;1-6-4-2-3-5-6;1-2-3-4-5/h6,8-9,16,18H,2,5,7,10-15,17H2,1,3-4H3;2-5H2,1H3;2-3H2,1H3/t18-;;/m0../s1. The highest BCUT2D eigenvalue weighted by Gasteiger charge is 2.28. The van der Waals surface area contributed by atoms with Crippen LogP contribution in [-0.2, 0) is 24.1 Å². The molecule has 0 unspecified atom stereocenters. The molecule has 45 heavy (non-hydrogen) atoms. The predicted molar refractivity (Wildman–Crippen MR) is 179 cm³/mol. The zero-order valence-electron chi connectivity index (χ0n) is 28.0. The van der Waals surface area contributed by atoms with Gasteiger partial charge in [0, 0.05) is 57.4 Å². The van der Waals surface area contributed by atoms with Gasteiger partial charge in [0.05, 0.1) is 18.4 Å². The van der Waals surface area contributed by atoms with Crippen LogP contribution in [0.25, 0.3) is 0 Å². The van der Waals surface area contributed by atoms with Gasteiger partial charge in [-0.1, -0.05) is 26.5 Å². The molecule has 2 aromatic rings. The largest absolute Gasteiger partial charge is 0.464 e. The van der Waals surface area contributed by atoms with Crippen molar-refractivity contribution in [2.45, 2.75) is 65.7 Å². The topological polar surface area (TPSA) is 88.8 Å². The van der Waals surface area contributed by atoms with E-state index < -0.39 is 0 Å². The van der Waals surface area contributed by atoms with Crippen LogP contribution in [0.2, 0.25) is 0 Å². The van der Waals surface area contributed by atoms with Gasteiger partial charge < -0.3 is 24.3 Å². The second kappa shape index (κ2) is 18.3. The van der Waals surface area contributed by atoms with Gasteiger partial charge in [-0.15, -0.1) is 0 Å². The predicted octanol–water partition coefficient (Wildman–Crippen LogP) is 5.28. The molecule has 0 bridgehead atoms. The van der Waals surface area contributed by atoms with Crippen LogP contribution in [-0.4, -0.2) is 92.2 Å². The van der Waals surface area contributed by atoms with Crippen LogP contribution in [0, 0.1) is 23.1 Å². The number of hydrogen-bond acceptors (Lipinski definition) is 8. The van der Waals surface area contributed by atoms with Crippen molar-refractivity contribution in [3.05, 3.63) is 53.5 Å². The lowest BCUT2D eigenvalue weighted by molar-refractivity contribution is -0.126. The molecule has 9 nitrogen and oxygen atoms in total. The van der Waals surface area contributed by atoms with E-state index in [2.05, 4.69) is 35.3 Å². The Morgan fingerprint density at radius 1 is 1.11 bits per heavy atom. The summed E-state index contributed by atoms with van der Waals surface area (Å²) < 4.78 is 19.5. The van der Waals surface area contributed by atoms with Gasteiger partial charge in [-0.2, -0.15) is 15.2 Å². The average molecular weight is 622 g/mol. The minimum atomic E-state index is -0.200. The van der Waals surface area contributed by atoms with Crippen molar-refractivity contribution in [1.82, 2.24) is 19.8 Å². The molecule has 1 aromatic carbocycles. The summed E-state index contributed by atoms with van der Waals surface area (Å²) in [7, 11) is 4.19. The van der Waals surface area contributed by atoms with E-state index in [0.717, 1.165) is 55.0 Å². The molecule has 1 amide bonds. The number of fused-ring (bicyclic) bond motifs is 1. The fraction of sp³-hybridized carbons (Fsp3) is 0.600. The summed E-state index contributed by atoms with van der Waals surface area (Å²) in [5.74, 6) is 1.03. The molecular formula is C35H52FN7O2. The number of aromatic nitrogens is 2. The zero-order chi connectivity index (χ0) is 32.8. The molecule has 4 heterocycles. The van der Waals surface area contributed by atoms with Crippen molar-refractivity contribution >= 4 is 17.4 Å². The Balaban J connectivity index is 0.000000425. The van der Waals surface area contributed by atoms with Gasteiger partial charge in [0.15, 0.2) is 0 Å². The summed E-state index contributed by atoms with van der Waals surface area (Å²) in [6.07, 6.45) is 8.37. The minimum Gasteiger partial charge on any atom is -0.464 e. The Morgan fingerprint density at radius 3 is 2.36 bits per heavy atom. The molecule has 0 spiro atoms. The lowest BCUT2D eigenvalue weighted by Crippen LogP contribution is -2.49. The Bertz CT molecular complexity index is 1280. The van der Waals surface area contributed by atoms with Gasteiger partial charge in [0.25, 0.3) is 0 Å². The molecule has 3 aliphatic heterocycles. The highest BCUT2D eigenvalue weighted by Crippen LogP contribution is 2.33.